The molecule has 1 aromatic carbocycles. The zero-order valence-electron chi connectivity index (χ0n) is 11.6. The van der Waals surface area contributed by atoms with Gasteiger partial charge in [0, 0.05) is 24.2 Å². The van der Waals surface area contributed by atoms with Crippen LogP contribution in [0, 0.1) is 0 Å². The lowest BCUT2D eigenvalue weighted by molar-refractivity contribution is 0.563. The molecule has 1 saturated heterocycles. The van der Waals surface area contributed by atoms with Gasteiger partial charge in [0.05, 0.1) is 11.9 Å². The van der Waals surface area contributed by atoms with E-state index in [0.717, 1.165) is 17.2 Å². The van der Waals surface area contributed by atoms with Crippen LogP contribution in [-0.2, 0) is 0 Å². The van der Waals surface area contributed by atoms with Gasteiger partial charge in [-0.2, -0.15) is 16.9 Å². The number of thioether (sulfide) groups is 1. The van der Waals surface area contributed by atoms with Crippen LogP contribution < -0.4 is 0 Å². The van der Waals surface area contributed by atoms with Crippen molar-refractivity contribution in [1.29, 1.82) is 0 Å². The molecule has 1 aliphatic heterocycles. The number of para-hydroxylation sites is 1. The van der Waals surface area contributed by atoms with Gasteiger partial charge in [0.25, 0.3) is 0 Å². The smallest absolute Gasteiger partial charge is 0.159 e. The van der Waals surface area contributed by atoms with Crippen LogP contribution in [0.4, 0.5) is 0 Å². The lowest BCUT2D eigenvalue weighted by atomic mass is 10.2. The van der Waals surface area contributed by atoms with Crippen LogP contribution in [-0.4, -0.2) is 30.8 Å². The molecule has 21 heavy (non-hydrogen) atoms. The fraction of sp³-hybridized carbons (Fsp3) is 0.250. The summed E-state index contributed by atoms with van der Waals surface area (Å²) >= 11 is 2.02. The maximum atomic E-state index is 4.58. The molecule has 0 spiro atoms. The molecule has 0 N–H and O–H groups in total. The van der Waals surface area contributed by atoms with Crippen molar-refractivity contribution >= 4 is 11.8 Å². The van der Waals surface area contributed by atoms with Crippen LogP contribution in [0.2, 0.25) is 0 Å². The van der Waals surface area contributed by atoms with E-state index in [0.29, 0.717) is 6.04 Å². The molecule has 0 unspecified atom stereocenters. The standard InChI is InChI=1S/C16H16N4S/c1-2-4-13(5-3-1)20-15(6-8-18-20)16-17-9-10-19(16)14-7-11-21-12-14/h1-6,8-10,14H,7,11-12H2/t14-/m0/s1. The van der Waals surface area contributed by atoms with Gasteiger partial charge in [-0.3, -0.25) is 0 Å². The van der Waals surface area contributed by atoms with E-state index in [1.54, 1.807) is 0 Å². The third-order valence-corrected chi connectivity index (χ3v) is 4.99. The number of hydrogen-bond donors (Lipinski definition) is 0. The Balaban J connectivity index is 1.79. The summed E-state index contributed by atoms with van der Waals surface area (Å²) in [5, 5.41) is 4.47. The molecule has 0 bridgehead atoms. The summed E-state index contributed by atoms with van der Waals surface area (Å²) in [6, 6.07) is 12.8. The number of benzene rings is 1. The van der Waals surface area contributed by atoms with E-state index in [1.807, 2.05) is 53.1 Å². The third kappa shape index (κ3) is 2.27. The number of rotatable bonds is 3. The number of nitrogens with zero attached hydrogens (tertiary/aromatic N) is 4. The SMILES string of the molecule is c1ccc(-n2nccc2-c2nccn2[C@H]2CCSC2)cc1. The molecule has 4 nitrogen and oxygen atoms in total. The molecule has 4 rings (SSSR count). The predicted octanol–water partition coefficient (Wildman–Crippen LogP) is 3.41. The van der Waals surface area contributed by atoms with Crippen LogP contribution >= 0.6 is 11.8 Å². The summed E-state index contributed by atoms with van der Waals surface area (Å²) in [5.74, 6) is 3.41. The Morgan fingerprint density at radius 1 is 1.10 bits per heavy atom. The van der Waals surface area contributed by atoms with Crippen molar-refractivity contribution in [3.8, 4) is 17.2 Å². The van der Waals surface area contributed by atoms with Crippen molar-refractivity contribution in [2.75, 3.05) is 11.5 Å². The van der Waals surface area contributed by atoms with E-state index in [-0.39, 0.29) is 0 Å². The average molecular weight is 296 g/mol. The van der Waals surface area contributed by atoms with Crippen molar-refractivity contribution in [2.45, 2.75) is 12.5 Å². The van der Waals surface area contributed by atoms with Crippen molar-refractivity contribution in [2.24, 2.45) is 0 Å². The van der Waals surface area contributed by atoms with E-state index in [9.17, 15) is 0 Å². The first-order chi connectivity index (χ1) is 10.4. The van der Waals surface area contributed by atoms with Crippen LogP contribution in [0.15, 0.2) is 55.0 Å². The van der Waals surface area contributed by atoms with Gasteiger partial charge in [-0.05, 0) is 30.4 Å². The monoisotopic (exact) mass is 296 g/mol. The molecule has 0 radical (unpaired) electrons. The minimum Gasteiger partial charge on any atom is -0.326 e. The van der Waals surface area contributed by atoms with Gasteiger partial charge in [-0.25, -0.2) is 9.67 Å². The fourth-order valence-electron chi connectivity index (χ4n) is 2.80. The van der Waals surface area contributed by atoms with Crippen molar-refractivity contribution in [3.05, 3.63) is 55.0 Å². The Labute approximate surface area is 127 Å². The molecule has 3 aromatic rings. The van der Waals surface area contributed by atoms with Crippen LogP contribution in [0.1, 0.15) is 12.5 Å². The number of hydrogen-bond acceptors (Lipinski definition) is 3. The normalized spacial score (nSPS) is 18.2. The topological polar surface area (TPSA) is 35.6 Å². The summed E-state index contributed by atoms with van der Waals surface area (Å²) in [4.78, 5) is 4.58. The maximum Gasteiger partial charge on any atom is 0.159 e. The second-order valence-electron chi connectivity index (χ2n) is 5.14. The molecule has 106 valence electrons. The van der Waals surface area contributed by atoms with E-state index < -0.39 is 0 Å². The first-order valence-corrected chi connectivity index (χ1v) is 8.29. The van der Waals surface area contributed by atoms with E-state index in [2.05, 4.69) is 33.0 Å². The molecular weight excluding hydrogens is 280 g/mol. The van der Waals surface area contributed by atoms with Gasteiger partial charge in [0.1, 0.15) is 5.69 Å². The van der Waals surface area contributed by atoms with Crippen molar-refractivity contribution in [3.63, 3.8) is 0 Å². The predicted molar refractivity (Wildman–Crippen MR) is 85.8 cm³/mol. The second kappa shape index (κ2) is 5.41. The molecular formula is C16H16N4S. The van der Waals surface area contributed by atoms with Gasteiger partial charge < -0.3 is 4.57 Å². The Morgan fingerprint density at radius 2 is 2.00 bits per heavy atom. The highest BCUT2D eigenvalue weighted by Crippen LogP contribution is 2.32. The summed E-state index contributed by atoms with van der Waals surface area (Å²) in [6.07, 6.45) is 7.03. The molecule has 5 heteroatoms. The maximum absolute atomic E-state index is 4.58. The lowest BCUT2D eigenvalue weighted by Crippen LogP contribution is -2.10. The van der Waals surface area contributed by atoms with Gasteiger partial charge in [0.2, 0.25) is 0 Å². The number of imidazole rings is 1. The lowest BCUT2D eigenvalue weighted by Gasteiger charge is -2.15. The zero-order valence-corrected chi connectivity index (χ0v) is 12.4. The quantitative estimate of drug-likeness (QED) is 0.743. The summed E-state index contributed by atoms with van der Waals surface area (Å²) in [7, 11) is 0. The molecule has 0 aliphatic carbocycles. The van der Waals surface area contributed by atoms with Crippen LogP contribution in [0.5, 0.6) is 0 Å². The third-order valence-electron chi connectivity index (χ3n) is 3.84. The van der Waals surface area contributed by atoms with E-state index in [1.165, 1.54) is 17.9 Å². The minimum atomic E-state index is 0.548. The van der Waals surface area contributed by atoms with E-state index in [4.69, 9.17) is 0 Å². The largest absolute Gasteiger partial charge is 0.326 e. The average Bonchev–Trinajstić information content (AvgIpc) is 3.27. The molecule has 1 fully saturated rings. The molecule has 0 amide bonds. The summed E-state index contributed by atoms with van der Waals surface area (Å²) in [5.41, 5.74) is 2.11. The first-order valence-electron chi connectivity index (χ1n) is 7.14. The highest BCUT2D eigenvalue weighted by molar-refractivity contribution is 7.99. The highest BCUT2D eigenvalue weighted by Gasteiger charge is 2.22. The van der Waals surface area contributed by atoms with Crippen LogP contribution in [0.3, 0.4) is 0 Å². The summed E-state index contributed by atoms with van der Waals surface area (Å²) in [6.45, 7) is 0. The summed E-state index contributed by atoms with van der Waals surface area (Å²) < 4.78 is 4.26. The second-order valence-corrected chi connectivity index (χ2v) is 6.29. The molecule has 0 saturated carbocycles. The Bertz CT molecular complexity index is 726. The molecule has 1 aliphatic rings. The van der Waals surface area contributed by atoms with Crippen molar-refractivity contribution in [1.82, 2.24) is 19.3 Å². The van der Waals surface area contributed by atoms with Gasteiger partial charge in [-0.15, -0.1) is 0 Å². The van der Waals surface area contributed by atoms with Gasteiger partial charge in [0.15, 0.2) is 5.82 Å². The Hall–Kier alpha value is -2.01. The zero-order chi connectivity index (χ0) is 14.1. The first kappa shape index (κ1) is 12.7. The van der Waals surface area contributed by atoms with Crippen molar-refractivity contribution < 1.29 is 0 Å². The van der Waals surface area contributed by atoms with Gasteiger partial charge >= 0.3 is 0 Å². The number of aromatic nitrogens is 4. The minimum absolute atomic E-state index is 0.548. The Kier molecular flexibility index (Phi) is 3.27. The van der Waals surface area contributed by atoms with E-state index >= 15 is 0 Å². The van der Waals surface area contributed by atoms with Crippen LogP contribution in [0.25, 0.3) is 17.2 Å². The fourth-order valence-corrected chi connectivity index (χ4v) is 4.00. The molecule has 2 aromatic heterocycles. The molecule has 3 heterocycles. The van der Waals surface area contributed by atoms with Gasteiger partial charge in [-0.1, -0.05) is 18.2 Å². The Morgan fingerprint density at radius 3 is 2.81 bits per heavy atom. The molecule has 1 atom stereocenters. The highest BCUT2D eigenvalue weighted by atomic mass is 32.2.